The molecule has 1 amide bonds. The summed E-state index contributed by atoms with van der Waals surface area (Å²) in [5.74, 6) is 0.260. The van der Waals surface area contributed by atoms with Crippen LogP contribution in [0.5, 0.6) is 0 Å². The molecule has 0 spiro atoms. The first kappa shape index (κ1) is 21.7. The predicted molar refractivity (Wildman–Crippen MR) is 133 cm³/mol. The van der Waals surface area contributed by atoms with Crippen LogP contribution in [0.1, 0.15) is 25.7 Å². The van der Waals surface area contributed by atoms with Crippen molar-refractivity contribution in [2.24, 2.45) is 5.73 Å². The number of nitrogens with two attached hydrogens (primary N) is 1. The fourth-order valence-electron chi connectivity index (χ4n) is 4.68. The first-order valence-electron chi connectivity index (χ1n) is 11.3. The van der Waals surface area contributed by atoms with E-state index >= 15 is 0 Å². The molecule has 0 bridgehead atoms. The van der Waals surface area contributed by atoms with Gasteiger partial charge in [-0.05, 0) is 55.7 Å². The van der Waals surface area contributed by atoms with E-state index in [1.165, 1.54) is 15.9 Å². The van der Waals surface area contributed by atoms with Gasteiger partial charge in [-0.25, -0.2) is 0 Å². The molecule has 3 aromatic carbocycles. The van der Waals surface area contributed by atoms with Gasteiger partial charge in [0.1, 0.15) is 23.2 Å². The van der Waals surface area contributed by atoms with Gasteiger partial charge in [0.05, 0.1) is 6.16 Å². The van der Waals surface area contributed by atoms with E-state index in [4.69, 9.17) is 5.73 Å². The minimum absolute atomic E-state index is 0.150. The van der Waals surface area contributed by atoms with Gasteiger partial charge in [-0.15, -0.1) is 0 Å². The Morgan fingerprint density at radius 1 is 0.806 bits per heavy atom. The molecule has 1 heterocycles. The molecule has 0 radical (unpaired) electrons. The number of unbranched alkanes of at least 4 members (excludes halogenated alkanes) is 1. The van der Waals surface area contributed by atoms with Crippen LogP contribution in [0.4, 0.5) is 0 Å². The lowest BCUT2D eigenvalue weighted by atomic mass is 10.2. The summed E-state index contributed by atoms with van der Waals surface area (Å²) in [6.45, 7) is 1.53. The molecule has 3 nitrogen and oxygen atoms in total. The van der Waals surface area contributed by atoms with Crippen LogP contribution in [0.15, 0.2) is 91.0 Å². The Labute approximate surface area is 186 Å². The summed E-state index contributed by atoms with van der Waals surface area (Å²) >= 11 is 0. The molecule has 1 fully saturated rings. The van der Waals surface area contributed by atoms with E-state index in [0.29, 0.717) is 13.0 Å². The minimum atomic E-state index is -1.79. The molecule has 1 aliphatic heterocycles. The van der Waals surface area contributed by atoms with Crippen LogP contribution in [-0.2, 0) is 4.79 Å². The van der Waals surface area contributed by atoms with Crippen LogP contribution in [0, 0.1) is 0 Å². The highest BCUT2D eigenvalue weighted by Crippen LogP contribution is 2.55. The molecule has 1 atom stereocenters. The number of likely N-dealkylation sites (tertiary alicyclic amines) is 1. The summed E-state index contributed by atoms with van der Waals surface area (Å²) in [7, 11) is -1.79. The van der Waals surface area contributed by atoms with E-state index in [1.54, 1.807) is 0 Å². The summed E-state index contributed by atoms with van der Waals surface area (Å²) in [5.41, 5.74) is 5.98. The summed E-state index contributed by atoms with van der Waals surface area (Å²) in [4.78, 5) is 14.5. The number of hydrogen-bond donors (Lipinski definition) is 1. The molecule has 0 saturated carbocycles. The molecular formula is C27H32N2OP+. The van der Waals surface area contributed by atoms with E-state index in [1.807, 2.05) is 4.90 Å². The van der Waals surface area contributed by atoms with E-state index in [2.05, 4.69) is 91.0 Å². The first-order valence-corrected chi connectivity index (χ1v) is 13.3. The Morgan fingerprint density at radius 3 is 1.71 bits per heavy atom. The minimum Gasteiger partial charge on any atom is -0.341 e. The molecule has 3 aromatic rings. The van der Waals surface area contributed by atoms with Crippen LogP contribution in [0.25, 0.3) is 0 Å². The topological polar surface area (TPSA) is 46.3 Å². The average molecular weight is 432 g/mol. The summed E-state index contributed by atoms with van der Waals surface area (Å²) in [6.07, 6.45) is 4.55. The second-order valence-corrected chi connectivity index (χ2v) is 12.0. The number of carbonyl (C=O) groups is 1. The summed E-state index contributed by atoms with van der Waals surface area (Å²) < 4.78 is 0. The lowest BCUT2D eigenvalue weighted by Crippen LogP contribution is -2.34. The van der Waals surface area contributed by atoms with Crippen LogP contribution in [0.3, 0.4) is 0 Å². The molecule has 31 heavy (non-hydrogen) atoms. The Morgan fingerprint density at radius 2 is 1.29 bits per heavy atom. The number of carbonyl (C=O) groups excluding carboxylic acids is 1. The Hall–Kier alpha value is -2.48. The van der Waals surface area contributed by atoms with Crippen molar-refractivity contribution in [2.45, 2.75) is 31.7 Å². The largest absolute Gasteiger partial charge is 0.341 e. The molecule has 0 unspecified atom stereocenters. The zero-order valence-electron chi connectivity index (χ0n) is 18.1. The first-order chi connectivity index (χ1) is 15.2. The maximum atomic E-state index is 12.6. The van der Waals surface area contributed by atoms with Crippen LogP contribution >= 0.6 is 7.26 Å². The van der Waals surface area contributed by atoms with Gasteiger partial charge in [-0.1, -0.05) is 54.6 Å². The smallest absolute Gasteiger partial charge is 0.222 e. The highest BCUT2D eigenvalue weighted by molar-refractivity contribution is 7.95. The zero-order valence-corrected chi connectivity index (χ0v) is 19.0. The van der Waals surface area contributed by atoms with Crippen molar-refractivity contribution in [3.8, 4) is 0 Å². The Kier molecular flexibility index (Phi) is 7.17. The molecule has 0 aliphatic carbocycles. The third kappa shape index (κ3) is 4.89. The van der Waals surface area contributed by atoms with Crippen LogP contribution < -0.4 is 21.6 Å². The fraction of sp³-hybridized carbons (Fsp3) is 0.296. The van der Waals surface area contributed by atoms with Crippen LogP contribution in [0.2, 0.25) is 0 Å². The van der Waals surface area contributed by atoms with Crippen LogP contribution in [-0.4, -0.2) is 36.1 Å². The quantitative estimate of drug-likeness (QED) is 0.437. The van der Waals surface area contributed by atoms with Crippen molar-refractivity contribution in [3.05, 3.63) is 91.0 Å². The van der Waals surface area contributed by atoms with Gasteiger partial charge < -0.3 is 10.6 Å². The lowest BCUT2D eigenvalue weighted by Gasteiger charge is -2.27. The molecule has 0 aromatic heterocycles. The van der Waals surface area contributed by atoms with Crippen molar-refractivity contribution in [2.75, 3.05) is 19.3 Å². The molecular weight excluding hydrogens is 399 g/mol. The van der Waals surface area contributed by atoms with Crippen molar-refractivity contribution in [1.82, 2.24) is 4.90 Å². The van der Waals surface area contributed by atoms with Crippen molar-refractivity contribution in [3.63, 3.8) is 0 Å². The number of amides is 1. The molecule has 4 rings (SSSR count). The van der Waals surface area contributed by atoms with Gasteiger partial charge in [0.2, 0.25) is 5.91 Å². The van der Waals surface area contributed by atoms with Crippen molar-refractivity contribution in [1.29, 1.82) is 0 Å². The zero-order chi connectivity index (χ0) is 21.5. The van der Waals surface area contributed by atoms with E-state index < -0.39 is 7.26 Å². The van der Waals surface area contributed by atoms with Crippen molar-refractivity contribution < 1.29 is 4.79 Å². The Balaban J connectivity index is 1.59. The van der Waals surface area contributed by atoms with E-state index in [0.717, 1.165) is 32.0 Å². The van der Waals surface area contributed by atoms with E-state index in [9.17, 15) is 4.79 Å². The maximum Gasteiger partial charge on any atom is 0.222 e. The monoisotopic (exact) mass is 431 g/mol. The summed E-state index contributed by atoms with van der Waals surface area (Å²) in [5, 5.41) is 4.22. The number of benzene rings is 3. The molecule has 2 N–H and O–H groups in total. The van der Waals surface area contributed by atoms with Gasteiger partial charge in [0.15, 0.2) is 0 Å². The fourth-order valence-corrected chi connectivity index (χ4v) is 9.09. The number of hydrogen-bond acceptors (Lipinski definition) is 2. The SMILES string of the molecule is N[C@H]1CCN(C(=O)CCCC[P+](c2ccccc2)(c2ccccc2)c2ccccc2)C1. The molecule has 160 valence electrons. The van der Waals surface area contributed by atoms with Gasteiger partial charge in [0.25, 0.3) is 0 Å². The number of nitrogens with zero attached hydrogens (tertiary/aromatic N) is 1. The second-order valence-electron chi connectivity index (χ2n) is 8.39. The third-order valence-corrected chi connectivity index (χ3v) is 10.8. The van der Waals surface area contributed by atoms with Gasteiger partial charge >= 0.3 is 0 Å². The normalized spacial score (nSPS) is 16.4. The average Bonchev–Trinajstić information content (AvgIpc) is 3.27. The van der Waals surface area contributed by atoms with Gasteiger partial charge in [0, 0.05) is 25.6 Å². The summed E-state index contributed by atoms with van der Waals surface area (Å²) in [6, 6.07) is 33.0. The number of rotatable bonds is 8. The third-order valence-electron chi connectivity index (χ3n) is 6.30. The molecule has 1 aliphatic rings. The maximum absolute atomic E-state index is 12.6. The second kappa shape index (κ2) is 10.2. The standard InChI is InChI=1S/C27H32N2OP/c28-23-19-20-29(22-23)27(30)18-10-11-21-31(24-12-4-1-5-13-24,25-14-6-2-7-15-25)26-16-8-3-9-17-26/h1-9,12-17,23H,10-11,18-22,28H2/q+1/t23-/m0/s1. The Bertz CT molecular complexity index is 866. The van der Waals surface area contributed by atoms with E-state index in [-0.39, 0.29) is 11.9 Å². The predicted octanol–water partition coefficient (Wildman–Crippen LogP) is 3.71. The van der Waals surface area contributed by atoms with Gasteiger partial charge in [-0.2, -0.15) is 0 Å². The highest BCUT2D eigenvalue weighted by atomic mass is 31.2. The lowest BCUT2D eigenvalue weighted by molar-refractivity contribution is -0.130. The van der Waals surface area contributed by atoms with Crippen molar-refractivity contribution >= 4 is 29.1 Å². The molecule has 4 heteroatoms. The highest BCUT2D eigenvalue weighted by Gasteiger charge is 2.44. The van der Waals surface area contributed by atoms with Gasteiger partial charge in [-0.3, -0.25) is 4.79 Å². The molecule has 1 saturated heterocycles.